The largest absolute Gasteiger partial charge is 0.473 e. The van der Waals surface area contributed by atoms with Gasteiger partial charge in [-0.1, -0.05) is 43.0 Å². The summed E-state index contributed by atoms with van der Waals surface area (Å²) in [5.74, 6) is 1.24. The predicted octanol–water partition coefficient (Wildman–Crippen LogP) is 2.91. The van der Waals surface area contributed by atoms with E-state index in [9.17, 15) is 0 Å². The molecule has 0 atom stereocenters. The maximum atomic E-state index is 8.86. The van der Waals surface area contributed by atoms with Crippen LogP contribution in [0.25, 0.3) is 10.9 Å². The summed E-state index contributed by atoms with van der Waals surface area (Å²) in [6, 6.07) is 17.3. The number of rotatable bonds is 1. The first-order chi connectivity index (χ1) is 13.5. The molecule has 0 saturated carbocycles. The van der Waals surface area contributed by atoms with Gasteiger partial charge in [-0.2, -0.15) is 4.98 Å². The summed E-state index contributed by atoms with van der Waals surface area (Å²) < 4.78 is 5.31. The average molecular weight is 401 g/mol. The summed E-state index contributed by atoms with van der Waals surface area (Å²) in [6.45, 7) is 3.07. The van der Waals surface area contributed by atoms with Gasteiger partial charge in [-0.3, -0.25) is 0 Å². The Kier molecular flexibility index (Phi) is 8.32. The molecule has 2 aromatic carbocycles. The van der Waals surface area contributed by atoms with E-state index in [1.54, 1.807) is 0 Å². The van der Waals surface area contributed by atoms with Crippen LogP contribution in [-0.4, -0.2) is 46.7 Å². The van der Waals surface area contributed by atoms with Crippen LogP contribution in [0.15, 0.2) is 54.6 Å². The number of hydrogen-bond donors (Lipinski definition) is 4. The minimum Gasteiger partial charge on any atom is -0.473 e. The summed E-state index contributed by atoms with van der Waals surface area (Å²) in [4.78, 5) is 19.9. The van der Waals surface area contributed by atoms with Crippen LogP contribution in [0.2, 0.25) is 0 Å². The molecule has 0 radical (unpaired) electrons. The van der Waals surface area contributed by atoms with E-state index in [-0.39, 0.29) is 0 Å². The van der Waals surface area contributed by atoms with Crippen molar-refractivity contribution in [1.29, 1.82) is 0 Å². The van der Waals surface area contributed by atoms with Crippen LogP contribution in [0, 0.1) is 0 Å². The summed E-state index contributed by atoms with van der Waals surface area (Å²) in [5.41, 5.74) is 13.0. The van der Waals surface area contributed by atoms with Crippen LogP contribution in [0.5, 0.6) is 0 Å². The number of fused-ring (bicyclic) bond motifs is 1. The molecule has 0 unspecified atom stereocenters. The Hall–Kier alpha value is -3.04. The number of anilines is 3. The van der Waals surface area contributed by atoms with Crippen molar-refractivity contribution in [3.63, 3.8) is 0 Å². The molecular weight excluding hydrogens is 378 g/mol. The number of nitrogens with zero attached hydrogens (tertiary/aromatic N) is 3. The maximum absolute atomic E-state index is 8.86. The van der Waals surface area contributed by atoms with Crippen LogP contribution >= 0.6 is 12.6 Å². The number of nitrogen functional groups attached to an aromatic ring is 2. The predicted molar refractivity (Wildman–Crippen MR) is 115 cm³/mol. The summed E-state index contributed by atoms with van der Waals surface area (Å²) in [6.07, 6.45) is 0. The standard InChI is InChI=1S/C12H14N4O.C6H7N.CH2O2S/c13-11-9-3-1-2-4-10(9)14-12(15-11)16-5-7-17-8-6-16;7-6-4-2-1-3-5-6;2-1(3)4/h1-4H,5-8H2,(H2,13,14,15);1-5H,7H2;4H,(H,2,3). The van der Waals surface area contributed by atoms with Crippen LogP contribution < -0.4 is 16.4 Å². The molecule has 0 bridgehead atoms. The SMILES string of the molecule is Nc1ccccc1.Nc1nc(N2CCOCC2)nc2ccccc12.O=C(O)S. The molecule has 1 fully saturated rings. The highest BCUT2D eigenvalue weighted by Crippen LogP contribution is 2.21. The van der Waals surface area contributed by atoms with E-state index in [2.05, 4.69) is 27.5 Å². The number of hydrogen-bond acceptors (Lipinski definition) is 7. The third kappa shape index (κ3) is 6.93. The van der Waals surface area contributed by atoms with Crippen molar-refractivity contribution in [3.8, 4) is 0 Å². The fraction of sp³-hybridized carbons (Fsp3) is 0.211. The number of nitrogens with two attached hydrogens (primary N) is 2. The first kappa shape index (κ1) is 21.3. The zero-order chi connectivity index (χ0) is 20.4. The van der Waals surface area contributed by atoms with Gasteiger partial charge in [0.2, 0.25) is 5.95 Å². The Bertz CT molecular complexity index is 885. The third-order valence-corrected chi connectivity index (χ3v) is 3.71. The molecule has 1 saturated heterocycles. The molecule has 1 aliphatic heterocycles. The van der Waals surface area contributed by atoms with Gasteiger partial charge in [-0.15, -0.1) is 0 Å². The molecule has 5 N–H and O–H groups in total. The normalized spacial score (nSPS) is 13.0. The van der Waals surface area contributed by atoms with Crippen LogP contribution in [0.3, 0.4) is 0 Å². The summed E-state index contributed by atoms with van der Waals surface area (Å²) >= 11 is 2.88. The fourth-order valence-electron chi connectivity index (χ4n) is 2.45. The molecule has 1 aliphatic rings. The van der Waals surface area contributed by atoms with Crippen LogP contribution in [0.1, 0.15) is 0 Å². The first-order valence-corrected chi connectivity index (χ1v) is 8.99. The van der Waals surface area contributed by atoms with Gasteiger partial charge in [0.25, 0.3) is 0 Å². The lowest BCUT2D eigenvalue weighted by atomic mass is 10.2. The van der Waals surface area contributed by atoms with Gasteiger partial charge in [-0.25, -0.2) is 9.78 Å². The number of morpholine rings is 1. The van der Waals surface area contributed by atoms with Gasteiger partial charge in [0.1, 0.15) is 5.82 Å². The fourth-order valence-corrected chi connectivity index (χ4v) is 2.45. The van der Waals surface area contributed by atoms with Gasteiger partial charge in [0.15, 0.2) is 0 Å². The quantitative estimate of drug-likeness (QED) is 0.362. The van der Waals surface area contributed by atoms with E-state index in [4.69, 9.17) is 26.1 Å². The molecule has 28 heavy (non-hydrogen) atoms. The van der Waals surface area contributed by atoms with Gasteiger partial charge >= 0.3 is 5.30 Å². The van der Waals surface area contributed by atoms with Crippen molar-refractivity contribution in [1.82, 2.24) is 9.97 Å². The second-order valence-corrected chi connectivity index (χ2v) is 6.10. The Morgan fingerprint density at radius 2 is 1.57 bits per heavy atom. The molecule has 0 aliphatic carbocycles. The number of carbonyl (C=O) groups is 1. The molecule has 148 valence electrons. The van der Waals surface area contributed by atoms with Crippen molar-refractivity contribution >= 4 is 46.3 Å². The topological polar surface area (TPSA) is 128 Å². The molecule has 0 spiro atoms. The Balaban J connectivity index is 0.000000211. The number of para-hydroxylation sites is 2. The third-order valence-electron chi connectivity index (χ3n) is 3.71. The highest BCUT2D eigenvalue weighted by Gasteiger charge is 2.15. The highest BCUT2D eigenvalue weighted by molar-refractivity contribution is 7.96. The monoisotopic (exact) mass is 401 g/mol. The summed E-state index contributed by atoms with van der Waals surface area (Å²) in [7, 11) is 0. The van der Waals surface area contributed by atoms with E-state index in [0.29, 0.717) is 11.8 Å². The molecule has 1 aromatic heterocycles. The van der Waals surface area contributed by atoms with Gasteiger partial charge in [-0.05, 0) is 24.3 Å². The average Bonchev–Trinajstić information content (AvgIpc) is 2.69. The summed E-state index contributed by atoms with van der Waals surface area (Å²) in [5, 5.41) is 7.05. The van der Waals surface area contributed by atoms with Gasteiger partial charge < -0.3 is 26.2 Å². The molecule has 3 aromatic rings. The van der Waals surface area contributed by atoms with Crippen LogP contribution in [0.4, 0.5) is 22.2 Å². The zero-order valence-electron chi connectivity index (χ0n) is 15.2. The smallest absolute Gasteiger partial charge is 0.361 e. The van der Waals surface area contributed by atoms with Crippen molar-refractivity contribution in [2.75, 3.05) is 42.7 Å². The molecule has 2 heterocycles. The second-order valence-electron chi connectivity index (χ2n) is 5.72. The van der Waals surface area contributed by atoms with E-state index < -0.39 is 5.30 Å². The minimum atomic E-state index is -1.14. The lowest BCUT2D eigenvalue weighted by Gasteiger charge is -2.27. The number of ether oxygens (including phenoxy) is 1. The van der Waals surface area contributed by atoms with E-state index >= 15 is 0 Å². The van der Waals surface area contributed by atoms with E-state index in [1.165, 1.54) is 0 Å². The maximum Gasteiger partial charge on any atom is 0.361 e. The van der Waals surface area contributed by atoms with Crippen LogP contribution in [-0.2, 0) is 4.74 Å². The minimum absolute atomic E-state index is 0.539. The molecule has 4 rings (SSSR count). The van der Waals surface area contributed by atoms with E-state index in [0.717, 1.165) is 42.9 Å². The Labute approximate surface area is 168 Å². The first-order valence-electron chi connectivity index (χ1n) is 8.54. The molecule has 8 nitrogen and oxygen atoms in total. The zero-order valence-corrected chi connectivity index (χ0v) is 16.1. The van der Waals surface area contributed by atoms with Crippen molar-refractivity contribution < 1.29 is 14.6 Å². The van der Waals surface area contributed by atoms with Crippen molar-refractivity contribution in [2.45, 2.75) is 0 Å². The number of thiol groups is 1. The van der Waals surface area contributed by atoms with E-state index in [1.807, 2.05) is 54.6 Å². The van der Waals surface area contributed by atoms with Gasteiger partial charge in [0.05, 0.1) is 18.7 Å². The molecule has 9 heteroatoms. The highest BCUT2D eigenvalue weighted by atomic mass is 32.1. The van der Waals surface area contributed by atoms with Crippen molar-refractivity contribution in [2.24, 2.45) is 0 Å². The lowest BCUT2D eigenvalue weighted by molar-refractivity contribution is 0.122. The Morgan fingerprint density at radius 3 is 2.14 bits per heavy atom. The van der Waals surface area contributed by atoms with Crippen molar-refractivity contribution in [3.05, 3.63) is 54.6 Å². The molecule has 0 amide bonds. The Morgan fingerprint density at radius 1 is 1.00 bits per heavy atom. The number of carboxylic acid groups (broad SMARTS) is 1. The molecular formula is C19H23N5O3S. The number of benzene rings is 2. The number of aromatic nitrogens is 2. The lowest BCUT2D eigenvalue weighted by Crippen LogP contribution is -2.37. The second kappa shape index (κ2) is 11.0. The van der Waals surface area contributed by atoms with Gasteiger partial charge in [0, 0.05) is 24.2 Å².